The molecule has 2 aliphatic heterocycles. The van der Waals surface area contributed by atoms with Crippen LogP contribution in [0.2, 0.25) is 0 Å². The minimum Gasteiger partial charge on any atom is -0.390 e. The predicted octanol–water partition coefficient (Wildman–Crippen LogP) is 1.56. The fourth-order valence-corrected chi connectivity index (χ4v) is 6.09. The largest absolute Gasteiger partial charge is 0.390 e. The average molecular weight is 505 g/mol. The maximum Gasteiger partial charge on any atom is 0.264 e. The molecule has 2 fully saturated rings. The lowest BCUT2D eigenvalue weighted by molar-refractivity contribution is 0.0448. The van der Waals surface area contributed by atoms with E-state index in [0.717, 1.165) is 42.8 Å². The standard InChI is InChI=1S/C25H36N4O5S/c1-16(2)29-23-8-6-5-7-17(23)11-22(25(29)32)24(31)26-18-12-19-9-10-20(13-18)28(19)15-21(30)14-27(3)35(4,33)34/h5-8,11,16,18-21,30H,9-10,12-15H2,1-4H3,(H,26,31)/t18-,19+,20-,21?. The van der Waals surface area contributed by atoms with Crippen molar-refractivity contribution in [3.8, 4) is 0 Å². The normalized spacial score (nSPS) is 23.8. The molecule has 2 aromatic rings. The van der Waals surface area contributed by atoms with E-state index in [0.29, 0.717) is 6.54 Å². The molecule has 35 heavy (non-hydrogen) atoms. The van der Waals surface area contributed by atoms with Gasteiger partial charge in [-0.1, -0.05) is 18.2 Å². The number of amides is 1. The summed E-state index contributed by atoms with van der Waals surface area (Å²) < 4.78 is 26.1. The smallest absolute Gasteiger partial charge is 0.264 e. The highest BCUT2D eigenvalue weighted by molar-refractivity contribution is 7.88. The van der Waals surface area contributed by atoms with Gasteiger partial charge in [0, 0.05) is 44.3 Å². The van der Waals surface area contributed by atoms with Crippen LogP contribution in [0.25, 0.3) is 10.9 Å². The maximum absolute atomic E-state index is 13.2. The number of rotatable bonds is 8. The molecule has 0 saturated carbocycles. The number of piperidine rings is 1. The highest BCUT2D eigenvalue weighted by Gasteiger charge is 2.42. The van der Waals surface area contributed by atoms with Crippen molar-refractivity contribution in [1.82, 2.24) is 19.1 Å². The van der Waals surface area contributed by atoms with E-state index in [2.05, 4.69) is 10.2 Å². The van der Waals surface area contributed by atoms with E-state index < -0.39 is 16.1 Å². The Morgan fingerprint density at radius 2 is 1.83 bits per heavy atom. The SMILES string of the molecule is CC(C)n1c(=O)c(C(=O)N[C@H]2C[C@H]3CC[C@@H](C2)N3CC(O)CN(C)S(C)(=O)=O)cc2ccccc21. The van der Waals surface area contributed by atoms with Crippen LogP contribution in [0.1, 0.15) is 55.9 Å². The van der Waals surface area contributed by atoms with Crippen molar-refractivity contribution in [1.29, 1.82) is 0 Å². The number of likely N-dealkylation sites (N-methyl/N-ethyl adjacent to an activating group) is 1. The molecular weight excluding hydrogens is 468 g/mol. The molecule has 1 unspecified atom stereocenters. The second-order valence-corrected chi connectivity index (χ2v) is 12.4. The Hall–Kier alpha value is -2.27. The molecule has 4 rings (SSSR count). The summed E-state index contributed by atoms with van der Waals surface area (Å²) in [5.74, 6) is -0.345. The summed E-state index contributed by atoms with van der Waals surface area (Å²) in [6.45, 7) is 4.33. The number of aliphatic hydroxyl groups excluding tert-OH is 1. The summed E-state index contributed by atoms with van der Waals surface area (Å²) in [7, 11) is -1.88. The van der Waals surface area contributed by atoms with Crippen molar-refractivity contribution in [2.75, 3.05) is 26.4 Å². The number of pyridine rings is 1. The van der Waals surface area contributed by atoms with Crippen LogP contribution in [0.4, 0.5) is 0 Å². The van der Waals surface area contributed by atoms with Crippen LogP contribution in [-0.2, 0) is 10.0 Å². The number of nitrogens with zero attached hydrogens (tertiary/aromatic N) is 3. The molecular formula is C25H36N4O5S. The van der Waals surface area contributed by atoms with Gasteiger partial charge in [-0.25, -0.2) is 12.7 Å². The fraction of sp³-hybridized carbons (Fsp3) is 0.600. The Morgan fingerprint density at radius 1 is 1.20 bits per heavy atom. The molecule has 0 aliphatic carbocycles. The second kappa shape index (κ2) is 10.0. The van der Waals surface area contributed by atoms with Gasteiger partial charge in [-0.3, -0.25) is 14.5 Å². The van der Waals surface area contributed by atoms with E-state index in [1.54, 1.807) is 10.6 Å². The molecule has 2 saturated heterocycles. The van der Waals surface area contributed by atoms with Gasteiger partial charge in [-0.05, 0) is 57.0 Å². The molecule has 0 spiro atoms. The molecule has 3 heterocycles. The molecule has 2 N–H and O–H groups in total. The number of aromatic nitrogens is 1. The van der Waals surface area contributed by atoms with Gasteiger partial charge in [0.2, 0.25) is 10.0 Å². The Balaban J connectivity index is 1.44. The first kappa shape index (κ1) is 25.8. The third-order valence-corrected chi connectivity index (χ3v) is 8.66. The molecule has 192 valence electrons. The Kier molecular flexibility index (Phi) is 7.38. The number of nitrogens with one attached hydrogen (secondary N) is 1. The monoisotopic (exact) mass is 504 g/mol. The summed E-state index contributed by atoms with van der Waals surface area (Å²) >= 11 is 0. The summed E-state index contributed by atoms with van der Waals surface area (Å²) in [5.41, 5.74) is 0.691. The fourth-order valence-electron chi connectivity index (χ4n) is 5.65. The lowest BCUT2D eigenvalue weighted by Gasteiger charge is -2.40. The first-order chi connectivity index (χ1) is 16.5. The van der Waals surface area contributed by atoms with E-state index >= 15 is 0 Å². The van der Waals surface area contributed by atoms with Gasteiger partial charge in [0.05, 0.1) is 17.9 Å². The third-order valence-electron chi connectivity index (χ3n) is 7.38. The highest BCUT2D eigenvalue weighted by atomic mass is 32.2. The van der Waals surface area contributed by atoms with Gasteiger partial charge >= 0.3 is 0 Å². The quantitative estimate of drug-likeness (QED) is 0.564. The van der Waals surface area contributed by atoms with Crippen LogP contribution >= 0.6 is 0 Å². The molecule has 1 amide bonds. The first-order valence-electron chi connectivity index (χ1n) is 12.3. The average Bonchev–Trinajstić information content (AvgIpc) is 2.99. The highest BCUT2D eigenvalue weighted by Crippen LogP contribution is 2.36. The van der Waals surface area contributed by atoms with Crippen molar-refractivity contribution < 1.29 is 18.3 Å². The van der Waals surface area contributed by atoms with Crippen molar-refractivity contribution in [2.24, 2.45) is 0 Å². The number of carbonyl (C=O) groups excluding carboxylic acids is 1. The van der Waals surface area contributed by atoms with E-state index in [1.807, 2.05) is 38.1 Å². The predicted molar refractivity (Wildman–Crippen MR) is 136 cm³/mol. The van der Waals surface area contributed by atoms with E-state index in [1.165, 1.54) is 11.4 Å². The van der Waals surface area contributed by atoms with Crippen molar-refractivity contribution >= 4 is 26.8 Å². The second-order valence-electron chi connectivity index (χ2n) is 10.3. The number of fused-ring (bicyclic) bond motifs is 3. The molecule has 2 aliphatic rings. The zero-order chi connectivity index (χ0) is 25.5. The van der Waals surface area contributed by atoms with Gasteiger partial charge in [-0.2, -0.15) is 0 Å². The van der Waals surface area contributed by atoms with Crippen LogP contribution in [0.5, 0.6) is 0 Å². The summed E-state index contributed by atoms with van der Waals surface area (Å²) in [5, 5.41) is 14.5. The van der Waals surface area contributed by atoms with E-state index in [-0.39, 0.29) is 47.7 Å². The molecule has 1 aromatic carbocycles. The molecule has 10 heteroatoms. The maximum atomic E-state index is 13.2. The lowest BCUT2D eigenvalue weighted by atomic mass is 9.96. The number of hydrogen-bond acceptors (Lipinski definition) is 6. The zero-order valence-electron chi connectivity index (χ0n) is 20.8. The molecule has 4 atom stereocenters. The number of hydrogen-bond donors (Lipinski definition) is 2. The van der Waals surface area contributed by atoms with Crippen LogP contribution in [0.15, 0.2) is 35.1 Å². The topological polar surface area (TPSA) is 112 Å². The van der Waals surface area contributed by atoms with Crippen molar-refractivity contribution in [2.45, 2.75) is 69.8 Å². The van der Waals surface area contributed by atoms with Crippen LogP contribution in [0, 0.1) is 0 Å². The minimum absolute atomic E-state index is 0.0505. The number of aliphatic hydroxyl groups is 1. The van der Waals surface area contributed by atoms with Gasteiger partial charge in [0.25, 0.3) is 11.5 Å². The summed E-state index contributed by atoms with van der Waals surface area (Å²) in [6, 6.07) is 9.57. The van der Waals surface area contributed by atoms with Crippen LogP contribution in [-0.4, -0.2) is 83.8 Å². The van der Waals surface area contributed by atoms with Gasteiger partial charge in [0.1, 0.15) is 5.56 Å². The Labute approximate surface area is 206 Å². The van der Waals surface area contributed by atoms with E-state index in [4.69, 9.17) is 0 Å². The minimum atomic E-state index is -3.34. The first-order valence-corrected chi connectivity index (χ1v) is 14.1. The number of benzene rings is 1. The molecule has 0 radical (unpaired) electrons. The van der Waals surface area contributed by atoms with Crippen molar-refractivity contribution in [3.05, 3.63) is 46.2 Å². The van der Waals surface area contributed by atoms with Gasteiger partial charge < -0.3 is 15.0 Å². The molecule has 2 bridgehead atoms. The summed E-state index contributed by atoms with van der Waals surface area (Å²) in [6.07, 6.45) is 3.77. The van der Waals surface area contributed by atoms with E-state index in [9.17, 15) is 23.1 Å². The van der Waals surface area contributed by atoms with Crippen LogP contribution < -0.4 is 10.9 Å². The zero-order valence-corrected chi connectivity index (χ0v) is 21.7. The van der Waals surface area contributed by atoms with Gasteiger partial charge in [0.15, 0.2) is 0 Å². The number of para-hydroxylation sites is 1. The van der Waals surface area contributed by atoms with Crippen molar-refractivity contribution in [3.63, 3.8) is 0 Å². The number of sulfonamides is 1. The van der Waals surface area contributed by atoms with Crippen LogP contribution in [0.3, 0.4) is 0 Å². The lowest BCUT2D eigenvalue weighted by Crippen LogP contribution is -2.53. The Morgan fingerprint density at radius 3 is 2.43 bits per heavy atom. The third kappa shape index (κ3) is 5.45. The number of carbonyl (C=O) groups is 1. The van der Waals surface area contributed by atoms with Gasteiger partial charge in [-0.15, -0.1) is 0 Å². The summed E-state index contributed by atoms with van der Waals surface area (Å²) in [4.78, 5) is 28.7. The Bertz CT molecular complexity index is 1240. The molecule has 1 aromatic heterocycles. The molecule has 9 nitrogen and oxygen atoms in total.